The van der Waals surface area contributed by atoms with Crippen molar-refractivity contribution in [3.05, 3.63) is 41.2 Å². The number of anilines is 3. The number of hydrogen-bond donors (Lipinski definition) is 2. The highest BCUT2D eigenvalue weighted by Gasteiger charge is 2.04. The summed E-state index contributed by atoms with van der Waals surface area (Å²) < 4.78 is 0. The quantitative estimate of drug-likeness (QED) is 0.829. The lowest BCUT2D eigenvalue weighted by Gasteiger charge is -2.12. The Morgan fingerprint density at radius 3 is 2.18 bits per heavy atom. The van der Waals surface area contributed by atoms with Crippen LogP contribution in [0.15, 0.2) is 24.5 Å². The second-order valence-electron chi connectivity index (χ2n) is 4.23. The van der Waals surface area contributed by atoms with Crippen LogP contribution in [0.1, 0.15) is 16.7 Å². The third-order valence-corrected chi connectivity index (χ3v) is 2.60. The molecule has 0 atom stereocenters. The molecule has 1 aromatic heterocycles. The van der Waals surface area contributed by atoms with Crippen molar-refractivity contribution >= 4 is 17.3 Å². The minimum absolute atomic E-state index is 0.424. The summed E-state index contributed by atoms with van der Waals surface area (Å²) in [5, 5.41) is 3.27. The standard InChI is InChI=1S/C13H16N4/c1-8-4-9(2)13(10(3)5-8)17-12-7-15-11(14)6-16-12/h4-7H,1-3H3,(H2,14,15)(H,16,17). The van der Waals surface area contributed by atoms with Gasteiger partial charge in [0.15, 0.2) is 0 Å². The van der Waals surface area contributed by atoms with E-state index in [1.807, 2.05) is 0 Å². The van der Waals surface area contributed by atoms with Crippen molar-refractivity contribution < 1.29 is 0 Å². The first-order chi connectivity index (χ1) is 8.06. The van der Waals surface area contributed by atoms with Crippen LogP contribution < -0.4 is 11.1 Å². The van der Waals surface area contributed by atoms with Gasteiger partial charge in [0.1, 0.15) is 11.6 Å². The molecule has 0 bridgehead atoms. The summed E-state index contributed by atoms with van der Waals surface area (Å²) in [5.74, 6) is 1.13. The number of rotatable bonds is 2. The van der Waals surface area contributed by atoms with Gasteiger partial charge in [0.25, 0.3) is 0 Å². The van der Waals surface area contributed by atoms with Crippen LogP contribution in [0, 0.1) is 20.8 Å². The van der Waals surface area contributed by atoms with Crippen LogP contribution in [0.4, 0.5) is 17.3 Å². The molecule has 17 heavy (non-hydrogen) atoms. The monoisotopic (exact) mass is 228 g/mol. The minimum atomic E-state index is 0.424. The average Bonchev–Trinajstić information content (AvgIpc) is 2.26. The van der Waals surface area contributed by atoms with E-state index in [9.17, 15) is 0 Å². The predicted octanol–water partition coefficient (Wildman–Crippen LogP) is 2.73. The lowest BCUT2D eigenvalue weighted by molar-refractivity contribution is 1.20. The highest BCUT2D eigenvalue weighted by molar-refractivity contribution is 5.65. The Kier molecular flexibility index (Phi) is 2.95. The van der Waals surface area contributed by atoms with E-state index < -0.39 is 0 Å². The van der Waals surface area contributed by atoms with Crippen LogP contribution in [-0.2, 0) is 0 Å². The first-order valence-electron chi connectivity index (χ1n) is 5.48. The van der Waals surface area contributed by atoms with E-state index in [0.29, 0.717) is 11.6 Å². The highest BCUT2D eigenvalue weighted by atomic mass is 15.0. The Labute approximate surface area is 101 Å². The molecular weight excluding hydrogens is 212 g/mol. The number of nitrogen functional groups attached to an aromatic ring is 1. The molecule has 2 rings (SSSR count). The molecule has 2 aromatic rings. The molecule has 0 radical (unpaired) electrons. The maximum atomic E-state index is 5.50. The second-order valence-corrected chi connectivity index (χ2v) is 4.23. The predicted molar refractivity (Wildman–Crippen MR) is 70.4 cm³/mol. The number of aryl methyl sites for hydroxylation is 3. The maximum absolute atomic E-state index is 5.50. The lowest BCUT2D eigenvalue weighted by Crippen LogP contribution is -2.00. The number of nitrogens with zero attached hydrogens (tertiary/aromatic N) is 2. The fraction of sp³-hybridized carbons (Fsp3) is 0.231. The van der Waals surface area contributed by atoms with Crippen LogP contribution in [0.2, 0.25) is 0 Å². The van der Waals surface area contributed by atoms with E-state index in [4.69, 9.17) is 5.73 Å². The van der Waals surface area contributed by atoms with Crippen LogP contribution in [0.5, 0.6) is 0 Å². The Hall–Kier alpha value is -2.10. The summed E-state index contributed by atoms with van der Waals surface area (Å²) in [4.78, 5) is 8.18. The molecule has 0 spiro atoms. The molecule has 0 unspecified atom stereocenters. The average molecular weight is 228 g/mol. The molecule has 4 heteroatoms. The van der Waals surface area contributed by atoms with Crippen molar-refractivity contribution in [1.82, 2.24) is 9.97 Å². The highest BCUT2D eigenvalue weighted by Crippen LogP contribution is 2.24. The Balaban J connectivity index is 2.33. The molecule has 0 aliphatic rings. The molecule has 0 amide bonds. The fourth-order valence-electron chi connectivity index (χ4n) is 1.91. The molecule has 0 fully saturated rings. The molecule has 1 aromatic carbocycles. The normalized spacial score (nSPS) is 10.3. The third-order valence-electron chi connectivity index (χ3n) is 2.60. The Morgan fingerprint density at radius 2 is 1.65 bits per heavy atom. The molecule has 4 nitrogen and oxygen atoms in total. The van der Waals surface area contributed by atoms with Gasteiger partial charge >= 0.3 is 0 Å². The fourth-order valence-corrected chi connectivity index (χ4v) is 1.91. The van der Waals surface area contributed by atoms with Crippen LogP contribution in [0.25, 0.3) is 0 Å². The van der Waals surface area contributed by atoms with Gasteiger partial charge in [-0.3, -0.25) is 0 Å². The van der Waals surface area contributed by atoms with Gasteiger partial charge in [0.05, 0.1) is 12.4 Å². The minimum Gasteiger partial charge on any atom is -0.382 e. The summed E-state index contributed by atoms with van der Waals surface area (Å²) in [7, 11) is 0. The zero-order valence-electron chi connectivity index (χ0n) is 10.3. The van der Waals surface area contributed by atoms with Crippen molar-refractivity contribution in [2.75, 3.05) is 11.1 Å². The van der Waals surface area contributed by atoms with Crippen molar-refractivity contribution in [1.29, 1.82) is 0 Å². The molecule has 1 heterocycles. The van der Waals surface area contributed by atoms with E-state index in [2.05, 4.69) is 48.2 Å². The molecular formula is C13H16N4. The first-order valence-corrected chi connectivity index (χ1v) is 5.48. The van der Waals surface area contributed by atoms with Gasteiger partial charge < -0.3 is 11.1 Å². The molecule has 3 N–H and O–H groups in total. The Morgan fingerprint density at radius 1 is 1.00 bits per heavy atom. The summed E-state index contributed by atoms with van der Waals surface area (Å²) in [6.45, 7) is 6.24. The number of nitrogens with two attached hydrogens (primary N) is 1. The molecule has 0 aliphatic heterocycles. The smallest absolute Gasteiger partial charge is 0.149 e. The van der Waals surface area contributed by atoms with Gasteiger partial charge in [-0.15, -0.1) is 0 Å². The zero-order chi connectivity index (χ0) is 12.4. The second kappa shape index (κ2) is 4.41. The summed E-state index contributed by atoms with van der Waals surface area (Å²) >= 11 is 0. The van der Waals surface area contributed by atoms with E-state index >= 15 is 0 Å². The van der Waals surface area contributed by atoms with E-state index in [1.54, 1.807) is 12.4 Å². The first kappa shape index (κ1) is 11.4. The van der Waals surface area contributed by atoms with Crippen molar-refractivity contribution in [3.63, 3.8) is 0 Å². The van der Waals surface area contributed by atoms with Crippen LogP contribution in [0.3, 0.4) is 0 Å². The van der Waals surface area contributed by atoms with Crippen molar-refractivity contribution in [3.8, 4) is 0 Å². The third kappa shape index (κ3) is 2.53. The van der Waals surface area contributed by atoms with Gasteiger partial charge in [-0.1, -0.05) is 17.7 Å². The lowest BCUT2D eigenvalue weighted by atomic mass is 10.1. The van der Waals surface area contributed by atoms with Crippen molar-refractivity contribution in [2.24, 2.45) is 0 Å². The zero-order valence-corrected chi connectivity index (χ0v) is 10.3. The van der Waals surface area contributed by atoms with Gasteiger partial charge in [-0.25, -0.2) is 9.97 Å². The largest absolute Gasteiger partial charge is 0.382 e. The van der Waals surface area contributed by atoms with Gasteiger partial charge in [0, 0.05) is 5.69 Å². The molecule has 0 saturated carbocycles. The summed E-state index contributed by atoms with van der Waals surface area (Å²) in [5.41, 5.74) is 10.2. The van der Waals surface area contributed by atoms with E-state index in [-0.39, 0.29) is 0 Å². The number of nitrogens with one attached hydrogen (secondary N) is 1. The van der Waals surface area contributed by atoms with E-state index in [1.165, 1.54) is 16.7 Å². The van der Waals surface area contributed by atoms with Gasteiger partial charge in [-0.05, 0) is 31.9 Å². The summed E-state index contributed by atoms with van der Waals surface area (Å²) in [6, 6.07) is 4.28. The van der Waals surface area contributed by atoms with Gasteiger partial charge in [-0.2, -0.15) is 0 Å². The maximum Gasteiger partial charge on any atom is 0.149 e. The number of benzene rings is 1. The molecule has 88 valence electrons. The topological polar surface area (TPSA) is 63.8 Å². The number of aromatic nitrogens is 2. The molecule has 0 aliphatic carbocycles. The number of hydrogen-bond acceptors (Lipinski definition) is 4. The van der Waals surface area contributed by atoms with Crippen LogP contribution in [-0.4, -0.2) is 9.97 Å². The Bertz CT molecular complexity index is 509. The summed E-state index contributed by atoms with van der Waals surface area (Å²) in [6.07, 6.45) is 3.18. The van der Waals surface area contributed by atoms with E-state index in [0.717, 1.165) is 5.69 Å². The van der Waals surface area contributed by atoms with Crippen LogP contribution >= 0.6 is 0 Å². The SMILES string of the molecule is Cc1cc(C)c(Nc2cnc(N)cn2)c(C)c1. The van der Waals surface area contributed by atoms with Gasteiger partial charge in [0.2, 0.25) is 0 Å². The van der Waals surface area contributed by atoms with Crippen molar-refractivity contribution in [2.45, 2.75) is 20.8 Å². The molecule has 0 saturated heterocycles.